The monoisotopic (exact) mass is 1030 g/mol. The zero-order valence-electron chi connectivity index (χ0n) is 35.1. The molecule has 2 heterocycles. The first-order valence-electron chi connectivity index (χ1n) is 18.4. The van der Waals surface area contributed by atoms with Crippen LogP contribution in [0.25, 0.3) is 0 Å². The molecule has 2 rings (SSSR count). The van der Waals surface area contributed by atoms with E-state index in [-0.39, 0.29) is 13.0 Å². The van der Waals surface area contributed by atoms with Crippen molar-refractivity contribution in [3.63, 3.8) is 0 Å². The fourth-order valence-corrected chi connectivity index (χ4v) is 11.0. The highest BCUT2D eigenvalue weighted by Gasteiger charge is 2.61. The molecule has 2 aliphatic heterocycles. The summed E-state index contributed by atoms with van der Waals surface area (Å²) in [5, 5.41) is 27.9. The third kappa shape index (κ3) is 15.3. The molecular formula is C36H55IN2O18S3. The molecule has 12 atom stereocenters. The van der Waals surface area contributed by atoms with E-state index in [1.54, 1.807) is 22.6 Å². The number of rotatable bonds is 18. The smallest absolute Gasteiger partial charge is 0.349 e. The lowest BCUT2D eigenvalue weighted by Crippen LogP contribution is -2.68. The Morgan fingerprint density at radius 1 is 0.700 bits per heavy atom. The third-order valence-electron chi connectivity index (χ3n) is 8.56. The molecule has 0 aromatic carbocycles. The van der Waals surface area contributed by atoms with E-state index in [1.165, 1.54) is 10.8 Å². The average Bonchev–Trinajstić information content (AvgIpc) is 3.13. The highest BCUT2D eigenvalue weighted by molar-refractivity contribution is 14.1. The first-order chi connectivity index (χ1) is 27.7. The van der Waals surface area contributed by atoms with Gasteiger partial charge in [-0.3, -0.25) is 28.8 Å². The number of aliphatic hydroxyl groups is 2. The van der Waals surface area contributed by atoms with Gasteiger partial charge in [-0.05, 0) is 10.8 Å². The third-order valence-corrected chi connectivity index (χ3v) is 15.0. The lowest BCUT2D eigenvalue weighted by molar-refractivity contribution is -0.206. The lowest BCUT2D eigenvalue weighted by Gasteiger charge is -2.50. The molecule has 2 saturated heterocycles. The van der Waals surface area contributed by atoms with Gasteiger partial charge in [-0.1, -0.05) is 54.2 Å². The van der Waals surface area contributed by atoms with Gasteiger partial charge >= 0.3 is 35.8 Å². The maximum Gasteiger partial charge on any atom is 0.349 e. The number of thioether (sulfide) groups is 1. The van der Waals surface area contributed by atoms with Gasteiger partial charge < -0.3 is 58.7 Å². The molecule has 0 saturated carbocycles. The summed E-state index contributed by atoms with van der Waals surface area (Å²) in [6.45, 7) is 11.2. The number of halogens is 1. The van der Waals surface area contributed by atoms with E-state index in [9.17, 15) is 48.6 Å². The summed E-state index contributed by atoms with van der Waals surface area (Å²) in [6, 6.07) is -2.70. The van der Waals surface area contributed by atoms with Crippen molar-refractivity contribution in [2.75, 3.05) is 27.4 Å². The van der Waals surface area contributed by atoms with Gasteiger partial charge in [0.1, 0.15) is 37.6 Å². The minimum absolute atomic E-state index is 0.353. The van der Waals surface area contributed by atoms with E-state index < -0.39 is 133 Å². The fourth-order valence-electron chi connectivity index (χ4n) is 6.27. The summed E-state index contributed by atoms with van der Waals surface area (Å²) < 4.78 is 43.5. The quantitative estimate of drug-likeness (QED) is 0.0492. The topological polar surface area (TPSA) is 275 Å². The Labute approximate surface area is 373 Å². The summed E-state index contributed by atoms with van der Waals surface area (Å²) >= 11 is 2.28. The minimum Gasteiger partial charge on any atom is -0.466 e. The summed E-state index contributed by atoms with van der Waals surface area (Å²) in [6.07, 6.45) is -10.7. The number of amides is 2. The summed E-state index contributed by atoms with van der Waals surface area (Å²) in [4.78, 5) is 97.7. The number of carbonyl (C=O) groups is 8. The zero-order valence-corrected chi connectivity index (χ0v) is 39.7. The first-order valence-corrected chi connectivity index (χ1v) is 22.7. The van der Waals surface area contributed by atoms with Crippen LogP contribution in [0.2, 0.25) is 0 Å². The van der Waals surface area contributed by atoms with Crippen LogP contribution in [-0.2, 0) is 76.3 Å². The Morgan fingerprint density at radius 2 is 1.12 bits per heavy atom. The number of methoxy groups -OCH3 is 2. The van der Waals surface area contributed by atoms with E-state index in [2.05, 4.69) is 10.6 Å². The highest BCUT2D eigenvalue weighted by Crippen LogP contribution is 2.52. The van der Waals surface area contributed by atoms with Gasteiger partial charge in [0.2, 0.25) is 21.7 Å². The molecule has 0 radical (unpaired) electrons. The zero-order chi connectivity index (χ0) is 45.9. The Bertz CT molecular complexity index is 1590. The second-order valence-corrected chi connectivity index (χ2v) is 21.2. The number of carbonyl (C=O) groups excluding carboxylic acids is 8. The Balaban J connectivity index is 2.93. The van der Waals surface area contributed by atoms with E-state index >= 15 is 0 Å². The summed E-state index contributed by atoms with van der Waals surface area (Å²) in [7, 11) is 4.25. The fraction of sp³-hybridized carbons (Fsp3) is 0.778. The second-order valence-electron chi connectivity index (χ2n) is 14.8. The molecule has 0 aromatic rings. The molecule has 0 unspecified atom stereocenters. The van der Waals surface area contributed by atoms with E-state index in [1.807, 2.05) is 20.8 Å². The number of ether oxygens (including phenoxy) is 8. The van der Waals surface area contributed by atoms with Crippen molar-refractivity contribution >= 4 is 104 Å². The van der Waals surface area contributed by atoms with Crippen LogP contribution in [0.15, 0.2) is 0 Å². The minimum atomic E-state index is -2.37. The van der Waals surface area contributed by atoms with E-state index in [0.717, 1.165) is 66.6 Å². The van der Waals surface area contributed by atoms with Crippen LogP contribution in [0.1, 0.15) is 75.2 Å². The molecule has 0 aliphatic carbocycles. The molecule has 20 nitrogen and oxygen atoms in total. The number of hydrogen-bond acceptors (Lipinski definition) is 21. The normalized spacial score (nSPS) is 28.6. The molecule has 0 aromatic heterocycles. The molecule has 2 fully saturated rings. The average molecular weight is 1030 g/mol. The predicted molar refractivity (Wildman–Crippen MR) is 224 cm³/mol. The lowest BCUT2D eigenvalue weighted by atomic mass is 9.90. The van der Waals surface area contributed by atoms with Gasteiger partial charge in [0.05, 0.1) is 47.7 Å². The number of aliphatic hydroxyl groups excluding tert-OH is 2. The Hall–Kier alpha value is -2.62. The predicted octanol–water partition coefficient (Wildman–Crippen LogP) is 1.11. The first kappa shape index (κ1) is 53.5. The number of esters is 6. The van der Waals surface area contributed by atoms with E-state index in [0.29, 0.717) is 11.8 Å². The molecule has 24 heteroatoms. The van der Waals surface area contributed by atoms with Gasteiger partial charge in [0, 0.05) is 59.1 Å². The number of alkyl halides is 1. The van der Waals surface area contributed by atoms with Crippen molar-refractivity contribution in [3.05, 3.63) is 0 Å². The Morgan fingerprint density at radius 3 is 1.53 bits per heavy atom. The summed E-state index contributed by atoms with van der Waals surface area (Å²) in [5.74, 6) is -6.53. The van der Waals surface area contributed by atoms with Gasteiger partial charge in [0.15, 0.2) is 0 Å². The standard InChI is InChI=1S/C36H55IN2O18S3/c1-16(40)38-26-23(54-20(5)44)12-35(32(48)50-10,56-30(26)28(46)22(37)14-52-18(3)42)58-25(15-53-19(4)43)29(47)31-27(39-17(2)41)24(55-21(6)45)13-36(57-31,33(49)51-11)60-59-34(7,8)9/h22-31,46-47H,12-15H2,1-11H3,(H,38,40)(H,39,41)/t22-,23-,24-,25+,26+,27+,28+,29+,30+,31+,35-,36-/m0/s1. The molecule has 0 spiro atoms. The number of hydrogen-bond donors (Lipinski definition) is 4. The van der Waals surface area contributed by atoms with Gasteiger partial charge in [-0.25, -0.2) is 9.59 Å². The van der Waals surface area contributed by atoms with Crippen molar-refractivity contribution < 1.29 is 86.5 Å². The maximum atomic E-state index is 14.1. The maximum absolute atomic E-state index is 14.1. The van der Waals surface area contributed by atoms with Crippen molar-refractivity contribution in [3.8, 4) is 0 Å². The molecule has 2 aliphatic rings. The van der Waals surface area contributed by atoms with Crippen molar-refractivity contribution in [1.82, 2.24) is 10.6 Å². The van der Waals surface area contributed by atoms with Gasteiger partial charge in [-0.2, -0.15) is 0 Å². The van der Waals surface area contributed by atoms with E-state index in [4.69, 9.17) is 37.9 Å². The van der Waals surface area contributed by atoms with Crippen LogP contribution in [0.3, 0.4) is 0 Å². The van der Waals surface area contributed by atoms with Crippen LogP contribution in [-0.4, -0.2) is 158 Å². The van der Waals surface area contributed by atoms with Crippen LogP contribution in [0.5, 0.6) is 0 Å². The highest BCUT2D eigenvalue weighted by atomic mass is 127. The molecular weight excluding hydrogens is 971 g/mol. The molecule has 60 heavy (non-hydrogen) atoms. The van der Waals surface area contributed by atoms with Gasteiger partial charge in [0.25, 0.3) is 0 Å². The van der Waals surface area contributed by atoms with Crippen molar-refractivity contribution in [2.24, 2.45) is 0 Å². The molecule has 0 bridgehead atoms. The van der Waals surface area contributed by atoms with Crippen molar-refractivity contribution in [2.45, 2.75) is 148 Å². The molecule has 342 valence electrons. The molecule has 4 N–H and O–H groups in total. The van der Waals surface area contributed by atoms with Crippen LogP contribution < -0.4 is 10.6 Å². The summed E-state index contributed by atoms with van der Waals surface area (Å²) in [5.41, 5.74) is 0. The van der Waals surface area contributed by atoms with Crippen molar-refractivity contribution in [1.29, 1.82) is 0 Å². The van der Waals surface area contributed by atoms with Gasteiger partial charge in [-0.15, -0.1) is 11.8 Å². The Kier molecular flexibility index (Phi) is 20.7. The van der Waals surface area contributed by atoms with Crippen LogP contribution in [0.4, 0.5) is 0 Å². The van der Waals surface area contributed by atoms with Crippen LogP contribution in [0, 0.1) is 0 Å². The second kappa shape index (κ2) is 23.2. The van der Waals surface area contributed by atoms with Crippen LogP contribution >= 0.6 is 55.9 Å². The SMILES string of the molecule is COC(=O)[C@@]1(SSC(C)(C)C)C[C@H](OC(C)=O)[C@@H](NC(C)=O)[C@H]([C@H](O)[C@@H](COC(C)=O)S[C@]2(C(=O)OC)C[C@H](OC(C)=O)[C@@H](NC(C)=O)[C@H]([C@H](O)[C@@H](I)COC(C)=O)O2)O1. The molecule has 2 amide bonds. The largest absolute Gasteiger partial charge is 0.466 e. The number of nitrogens with one attached hydrogen (secondary N) is 2.